The zero-order chi connectivity index (χ0) is 10.4. The minimum Gasteiger partial charge on any atom is -0.294 e. The summed E-state index contributed by atoms with van der Waals surface area (Å²) < 4.78 is 1.94. The highest BCUT2D eigenvalue weighted by atomic mass is 16.1. The molecule has 0 bridgehead atoms. The van der Waals surface area contributed by atoms with Crippen LogP contribution in [0.25, 0.3) is 0 Å². The Kier molecular flexibility index (Phi) is 1.94. The van der Waals surface area contributed by atoms with E-state index in [0.717, 1.165) is 49.2 Å². The molecule has 0 saturated carbocycles. The van der Waals surface area contributed by atoms with Crippen LogP contribution in [0.5, 0.6) is 0 Å². The van der Waals surface area contributed by atoms with Gasteiger partial charge in [0.15, 0.2) is 0 Å². The lowest BCUT2D eigenvalue weighted by atomic mass is 10.0. The van der Waals surface area contributed by atoms with Crippen molar-refractivity contribution >= 4 is 0 Å². The summed E-state index contributed by atoms with van der Waals surface area (Å²) in [6, 6.07) is 0.347. The summed E-state index contributed by atoms with van der Waals surface area (Å²) in [4.78, 5) is 16.9. The highest BCUT2D eigenvalue weighted by Gasteiger charge is 2.24. The number of fused-ring (bicyclic) bond motifs is 2. The molecule has 2 heterocycles. The van der Waals surface area contributed by atoms with Gasteiger partial charge in [-0.1, -0.05) is 0 Å². The van der Waals surface area contributed by atoms with Crippen LogP contribution in [0.1, 0.15) is 49.3 Å². The van der Waals surface area contributed by atoms with E-state index in [9.17, 15) is 4.79 Å². The fourth-order valence-corrected chi connectivity index (χ4v) is 2.87. The second-order valence-electron chi connectivity index (χ2n) is 4.72. The Hall–Kier alpha value is -1.12. The third kappa shape index (κ3) is 1.25. The molecule has 2 aliphatic rings. The zero-order valence-electron chi connectivity index (χ0n) is 9.12. The number of aromatic nitrogens is 2. The van der Waals surface area contributed by atoms with Crippen LogP contribution in [0.4, 0.5) is 0 Å². The second kappa shape index (κ2) is 3.19. The van der Waals surface area contributed by atoms with Gasteiger partial charge in [0.05, 0.1) is 5.69 Å². The summed E-state index contributed by atoms with van der Waals surface area (Å²) in [5, 5.41) is 0. The van der Waals surface area contributed by atoms with Crippen molar-refractivity contribution in [3.8, 4) is 0 Å². The molecule has 1 aromatic rings. The Morgan fingerprint density at radius 2 is 2.13 bits per heavy atom. The van der Waals surface area contributed by atoms with E-state index < -0.39 is 0 Å². The van der Waals surface area contributed by atoms with Gasteiger partial charge >= 0.3 is 0 Å². The van der Waals surface area contributed by atoms with E-state index in [1.165, 1.54) is 6.42 Å². The minimum atomic E-state index is 0.250. The van der Waals surface area contributed by atoms with Gasteiger partial charge in [0.2, 0.25) is 0 Å². The van der Waals surface area contributed by atoms with Crippen LogP contribution >= 0.6 is 0 Å². The monoisotopic (exact) mass is 204 g/mol. The van der Waals surface area contributed by atoms with E-state index in [0.29, 0.717) is 6.04 Å². The second-order valence-corrected chi connectivity index (χ2v) is 4.72. The fraction of sp³-hybridized carbons (Fsp3) is 0.667. The van der Waals surface area contributed by atoms with E-state index in [2.05, 4.69) is 11.9 Å². The summed E-state index contributed by atoms with van der Waals surface area (Å²) in [5.41, 5.74) is 2.33. The van der Waals surface area contributed by atoms with Crippen LogP contribution in [0.15, 0.2) is 4.79 Å². The maximum atomic E-state index is 12.2. The van der Waals surface area contributed by atoms with Crippen molar-refractivity contribution in [3.63, 3.8) is 0 Å². The molecule has 3 heteroatoms. The molecule has 1 unspecified atom stereocenters. The Bertz CT molecular complexity index is 461. The lowest BCUT2D eigenvalue weighted by Gasteiger charge is -2.24. The Morgan fingerprint density at radius 3 is 3.00 bits per heavy atom. The summed E-state index contributed by atoms with van der Waals surface area (Å²) in [7, 11) is 0. The smallest absolute Gasteiger partial charge is 0.257 e. The van der Waals surface area contributed by atoms with Gasteiger partial charge < -0.3 is 0 Å². The third-order valence-corrected chi connectivity index (χ3v) is 3.67. The molecule has 0 spiro atoms. The summed E-state index contributed by atoms with van der Waals surface area (Å²) in [6.07, 6.45) is 6.32. The largest absolute Gasteiger partial charge is 0.294 e. The van der Waals surface area contributed by atoms with Crippen LogP contribution in [0.2, 0.25) is 0 Å². The Labute approximate surface area is 89.2 Å². The van der Waals surface area contributed by atoms with E-state index in [-0.39, 0.29) is 5.56 Å². The molecule has 3 nitrogen and oxygen atoms in total. The summed E-state index contributed by atoms with van der Waals surface area (Å²) in [5.74, 6) is 1.03. The van der Waals surface area contributed by atoms with E-state index >= 15 is 0 Å². The van der Waals surface area contributed by atoms with Crippen molar-refractivity contribution in [2.75, 3.05) is 0 Å². The van der Waals surface area contributed by atoms with Gasteiger partial charge in [-0.05, 0) is 39.0 Å². The number of aryl methyl sites for hydroxylation is 2. The first-order chi connectivity index (χ1) is 7.27. The van der Waals surface area contributed by atoms with E-state index in [1.54, 1.807) is 0 Å². The average Bonchev–Trinajstić information content (AvgIpc) is 2.66. The van der Waals surface area contributed by atoms with Gasteiger partial charge in [-0.3, -0.25) is 9.36 Å². The number of hydrogen-bond donors (Lipinski definition) is 0. The predicted molar refractivity (Wildman–Crippen MR) is 58.2 cm³/mol. The molecule has 80 valence electrons. The van der Waals surface area contributed by atoms with Crippen LogP contribution in [-0.4, -0.2) is 9.55 Å². The van der Waals surface area contributed by atoms with Crippen LogP contribution < -0.4 is 5.56 Å². The molecule has 0 saturated heterocycles. The standard InChI is InChI=1S/C12H16N2O/c1-8-4-2-7-11-13-10-6-3-5-9(10)12(15)14(8)11/h8H,2-7H2,1H3. The maximum Gasteiger partial charge on any atom is 0.257 e. The van der Waals surface area contributed by atoms with Gasteiger partial charge in [0.25, 0.3) is 5.56 Å². The van der Waals surface area contributed by atoms with Crippen molar-refractivity contribution in [2.45, 2.75) is 51.5 Å². The van der Waals surface area contributed by atoms with Crippen molar-refractivity contribution in [1.82, 2.24) is 9.55 Å². The molecule has 0 fully saturated rings. The first kappa shape index (κ1) is 9.13. The van der Waals surface area contributed by atoms with Crippen molar-refractivity contribution in [2.24, 2.45) is 0 Å². The van der Waals surface area contributed by atoms with Gasteiger partial charge in [-0.2, -0.15) is 0 Å². The number of hydrogen-bond acceptors (Lipinski definition) is 2. The molecule has 15 heavy (non-hydrogen) atoms. The van der Waals surface area contributed by atoms with Gasteiger partial charge in [-0.25, -0.2) is 4.98 Å². The van der Waals surface area contributed by atoms with Crippen molar-refractivity contribution < 1.29 is 0 Å². The number of nitrogens with zero attached hydrogens (tertiary/aromatic N) is 2. The fourth-order valence-electron chi connectivity index (χ4n) is 2.87. The molecule has 0 amide bonds. The molecule has 3 rings (SSSR count). The quantitative estimate of drug-likeness (QED) is 0.643. The summed E-state index contributed by atoms with van der Waals surface area (Å²) in [6.45, 7) is 2.13. The molecule has 0 radical (unpaired) electrons. The van der Waals surface area contributed by atoms with Gasteiger partial charge in [-0.15, -0.1) is 0 Å². The molecular weight excluding hydrogens is 188 g/mol. The molecule has 1 aliphatic carbocycles. The predicted octanol–water partition coefficient (Wildman–Crippen LogP) is 1.63. The third-order valence-electron chi connectivity index (χ3n) is 3.67. The molecule has 0 aromatic carbocycles. The first-order valence-corrected chi connectivity index (χ1v) is 5.90. The zero-order valence-corrected chi connectivity index (χ0v) is 9.12. The maximum absolute atomic E-state index is 12.2. The molecule has 0 N–H and O–H groups in total. The molecule has 1 aromatic heterocycles. The van der Waals surface area contributed by atoms with Gasteiger partial charge in [0, 0.05) is 18.0 Å². The Balaban J connectivity index is 2.26. The topological polar surface area (TPSA) is 34.9 Å². The highest BCUT2D eigenvalue weighted by molar-refractivity contribution is 5.24. The van der Waals surface area contributed by atoms with Crippen LogP contribution in [-0.2, 0) is 19.3 Å². The van der Waals surface area contributed by atoms with Crippen molar-refractivity contribution in [3.05, 3.63) is 27.4 Å². The Morgan fingerprint density at radius 1 is 1.27 bits per heavy atom. The van der Waals surface area contributed by atoms with Crippen LogP contribution in [0.3, 0.4) is 0 Å². The first-order valence-electron chi connectivity index (χ1n) is 5.90. The lowest BCUT2D eigenvalue weighted by Crippen LogP contribution is -2.33. The SMILES string of the molecule is CC1CCCc2nc3c(c(=O)n21)CCC3. The van der Waals surface area contributed by atoms with E-state index in [1.807, 2.05) is 4.57 Å². The van der Waals surface area contributed by atoms with Crippen molar-refractivity contribution in [1.29, 1.82) is 0 Å². The highest BCUT2D eigenvalue weighted by Crippen LogP contribution is 2.24. The number of rotatable bonds is 0. The normalized spacial score (nSPS) is 23.7. The lowest BCUT2D eigenvalue weighted by molar-refractivity contribution is 0.402. The molecule has 1 aliphatic heterocycles. The van der Waals surface area contributed by atoms with E-state index in [4.69, 9.17) is 0 Å². The minimum absolute atomic E-state index is 0.250. The molecular formula is C12H16N2O. The van der Waals surface area contributed by atoms with Gasteiger partial charge in [0.1, 0.15) is 5.82 Å². The van der Waals surface area contributed by atoms with Crippen LogP contribution in [0, 0.1) is 0 Å². The molecule has 1 atom stereocenters. The summed E-state index contributed by atoms with van der Waals surface area (Å²) >= 11 is 0. The average molecular weight is 204 g/mol.